The summed E-state index contributed by atoms with van der Waals surface area (Å²) < 4.78 is 1.00. The quantitative estimate of drug-likeness (QED) is 0.931. The molecule has 1 amide bonds. The Morgan fingerprint density at radius 1 is 1.25 bits per heavy atom. The number of rotatable bonds is 3. The highest BCUT2D eigenvalue weighted by Gasteiger charge is 2.11. The summed E-state index contributed by atoms with van der Waals surface area (Å²) in [5.41, 5.74) is 2.00. The van der Waals surface area contributed by atoms with Gasteiger partial charge in [-0.3, -0.25) is 4.79 Å². The Balaban J connectivity index is 2.11. The molecule has 0 aliphatic carbocycles. The van der Waals surface area contributed by atoms with Crippen molar-refractivity contribution < 1.29 is 4.79 Å². The molecule has 0 saturated carbocycles. The van der Waals surface area contributed by atoms with Crippen molar-refractivity contribution in [1.29, 1.82) is 5.26 Å². The van der Waals surface area contributed by atoms with E-state index in [0.717, 1.165) is 10.0 Å². The van der Waals surface area contributed by atoms with E-state index in [-0.39, 0.29) is 11.9 Å². The highest BCUT2D eigenvalue weighted by atomic mass is 79.9. The van der Waals surface area contributed by atoms with E-state index in [1.54, 1.807) is 24.3 Å². The number of carbonyl (C=O) groups is 1. The minimum Gasteiger partial charge on any atom is -0.346 e. The van der Waals surface area contributed by atoms with E-state index >= 15 is 0 Å². The molecule has 0 spiro atoms. The molecule has 2 rings (SSSR count). The van der Waals surface area contributed by atoms with Gasteiger partial charge >= 0.3 is 0 Å². The van der Waals surface area contributed by atoms with Crippen molar-refractivity contribution in [3.63, 3.8) is 0 Å². The van der Waals surface area contributed by atoms with Gasteiger partial charge in [-0.05, 0) is 42.8 Å². The zero-order chi connectivity index (χ0) is 14.5. The molecule has 0 fully saturated rings. The minimum atomic E-state index is -0.183. The van der Waals surface area contributed by atoms with Gasteiger partial charge in [-0.2, -0.15) is 5.26 Å². The molecule has 1 unspecified atom stereocenters. The molecule has 0 aliphatic heterocycles. The minimum absolute atomic E-state index is 0.0960. The standard InChI is InChI=1S/C16H13BrN2O/c1-11(13-5-7-15(17)8-6-13)19-16(20)14-4-2-3-12(9-14)10-18/h2-9,11H,1H3,(H,19,20). The third kappa shape index (κ3) is 3.46. The van der Waals surface area contributed by atoms with E-state index in [4.69, 9.17) is 5.26 Å². The number of halogens is 1. The Morgan fingerprint density at radius 2 is 1.95 bits per heavy atom. The summed E-state index contributed by atoms with van der Waals surface area (Å²) in [6, 6.07) is 16.4. The third-order valence-corrected chi connectivity index (χ3v) is 3.50. The first-order valence-electron chi connectivity index (χ1n) is 6.16. The SMILES string of the molecule is CC(NC(=O)c1cccc(C#N)c1)c1ccc(Br)cc1. The summed E-state index contributed by atoms with van der Waals surface area (Å²) in [7, 11) is 0. The van der Waals surface area contributed by atoms with Crippen LogP contribution in [-0.4, -0.2) is 5.91 Å². The van der Waals surface area contributed by atoms with E-state index in [9.17, 15) is 4.79 Å². The first-order chi connectivity index (χ1) is 9.60. The van der Waals surface area contributed by atoms with Gasteiger partial charge in [-0.15, -0.1) is 0 Å². The van der Waals surface area contributed by atoms with Crippen molar-refractivity contribution in [2.45, 2.75) is 13.0 Å². The van der Waals surface area contributed by atoms with E-state index < -0.39 is 0 Å². The molecular formula is C16H13BrN2O. The average Bonchev–Trinajstić information content (AvgIpc) is 2.47. The predicted octanol–water partition coefficient (Wildman–Crippen LogP) is 3.81. The number of nitriles is 1. The lowest BCUT2D eigenvalue weighted by Crippen LogP contribution is -2.26. The van der Waals surface area contributed by atoms with Crippen LogP contribution in [0.1, 0.15) is 34.5 Å². The fourth-order valence-electron chi connectivity index (χ4n) is 1.84. The van der Waals surface area contributed by atoms with Gasteiger partial charge in [0.1, 0.15) is 0 Å². The summed E-state index contributed by atoms with van der Waals surface area (Å²) in [6.07, 6.45) is 0. The van der Waals surface area contributed by atoms with Gasteiger partial charge in [0.15, 0.2) is 0 Å². The predicted molar refractivity (Wildman–Crippen MR) is 81.2 cm³/mol. The van der Waals surface area contributed by atoms with Crippen molar-refractivity contribution in [3.05, 3.63) is 69.7 Å². The van der Waals surface area contributed by atoms with Crippen LogP contribution in [0.25, 0.3) is 0 Å². The number of hydrogen-bond acceptors (Lipinski definition) is 2. The van der Waals surface area contributed by atoms with Crippen molar-refractivity contribution >= 4 is 21.8 Å². The van der Waals surface area contributed by atoms with Crippen LogP contribution in [0.2, 0.25) is 0 Å². The average molecular weight is 329 g/mol. The van der Waals surface area contributed by atoms with Crippen LogP contribution < -0.4 is 5.32 Å². The van der Waals surface area contributed by atoms with Gasteiger partial charge in [0.25, 0.3) is 5.91 Å². The first kappa shape index (κ1) is 14.3. The Kier molecular flexibility index (Phi) is 4.54. The van der Waals surface area contributed by atoms with Gasteiger partial charge in [0, 0.05) is 10.0 Å². The number of nitrogens with one attached hydrogen (secondary N) is 1. The van der Waals surface area contributed by atoms with Crippen LogP contribution in [-0.2, 0) is 0 Å². The van der Waals surface area contributed by atoms with Crippen LogP contribution in [0.4, 0.5) is 0 Å². The molecule has 0 bridgehead atoms. The Labute approximate surface area is 126 Å². The molecule has 2 aromatic carbocycles. The molecule has 100 valence electrons. The van der Waals surface area contributed by atoms with Gasteiger partial charge < -0.3 is 5.32 Å². The molecule has 1 atom stereocenters. The van der Waals surface area contributed by atoms with E-state index in [1.165, 1.54) is 0 Å². The molecule has 0 radical (unpaired) electrons. The highest BCUT2D eigenvalue weighted by Crippen LogP contribution is 2.17. The maximum absolute atomic E-state index is 12.1. The second-order valence-electron chi connectivity index (χ2n) is 4.44. The molecule has 0 heterocycles. The number of amides is 1. The van der Waals surface area contributed by atoms with Crippen LogP contribution in [0.5, 0.6) is 0 Å². The van der Waals surface area contributed by atoms with E-state index in [2.05, 4.69) is 21.2 Å². The second-order valence-corrected chi connectivity index (χ2v) is 5.35. The molecular weight excluding hydrogens is 316 g/mol. The van der Waals surface area contributed by atoms with Gasteiger partial charge in [0.05, 0.1) is 17.7 Å². The van der Waals surface area contributed by atoms with Crippen molar-refractivity contribution in [1.82, 2.24) is 5.32 Å². The molecule has 4 heteroatoms. The molecule has 0 aliphatic rings. The zero-order valence-corrected chi connectivity index (χ0v) is 12.5. The topological polar surface area (TPSA) is 52.9 Å². The summed E-state index contributed by atoms with van der Waals surface area (Å²) in [6.45, 7) is 1.93. The molecule has 0 saturated heterocycles. The van der Waals surface area contributed by atoms with Gasteiger partial charge in [-0.25, -0.2) is 0 Å². The van der Waals surface area contributed by atoms with E-state index in [0.29, 0.717) is 11.1 Å². The Hall–Kier alpha value is -2.12. The highest BCUT2D eigenvalue weighted by molar-refractivity contribution is 9.10. The largest absolute Gasteiger partial charge is 0.346 e. The molecule has 0 aromatic heterocycles. The smallest absolute Gasteiger partial charge is 0.251 e. The number of hydrogen-bond donors (Lipinski definition) is 1. The van der Waals surface area contributed by atoms with Crippen LogP contribution in [0.3, 0.4) is 0 Å². The number of carbonyl (C=O) groups excluding carboxylic acids is 1. The van der Waals surface area contributed by atoms with Crippen LogP contribution in [0, 0.1) is 11.3 Å². The summed E-state index contributed by atoms with van der Waals surface area (Å²) >= 11 is 3.38. The van der Waals surface area contributed by atoms with Crippen molar-refractivity contribution in [2.24, 2.45) is 0 Å². The summed E-state index contributed by atoms with van der Waals surface area (Å²) in [5.74, 6) is -0.183. The van der Waals surface area contributed by atoms with Gasteiger partial charge in [-0.1, -0.05) is 34.1 Å². The maximum atomic E-state index is 12.1. The monoisotopic (exact) mass is 328 g/mol. The van der Waals surface area contributed by atoms with Crippen LogP contribution in [0.15, 0.2) is 53.0 Å². The van der Waals surface area contributed by atoms with Crippen molar-refractivity contribution in [3.8, 4) is 6.07 Å². The lowest BCUT2D eigenvalue weighted by Gasteiger charge is -2.14. The van der Waals surface area contributed by atoms with Crippen LogP contribution >= 0.6 is 15.9 Å². The number of benzene rings is 2. The molecule has 3 nitrogen and oxygen atoms in total. The van der Waals surface area contributed by atoms with Crippen molar-refractivity contribution in [2.75, 3.05) is 0 Å². The molecule has 2 aromatic rings. The second kappa shape index (κ2) is 6.36. The third-order valence-electron chi connectivity index (χ3n) is 2.97. The summed E-state index contributed by atoms with van der Waals surface area (Å²) in [5, 5.41) is 11.8. The normalized spacial score (nSPS) is 11.4. The molecule has 1 N–H and O–H groups in total. The Bertz CT molecular complexity index is 659. The lowest BCUT2D eigenvalue weighted by molar-refractivity contribution is 0.0940. The van der Waals surface area contributed by atoms with E-state index in [1.807, 2.05) is 37.3 Å². The van der Waals surface area contributed by atoms with Gasteiger partial charge in [0.2, 0.25) is 0 Å². The lowest BCUT2D eigenvalue weighted by atomic mass is 10.1. The summed E-state index contributed by atoms with van der Waals surface area (Å²) in [4.78, 5) is 12.1. The first-order valence-corrected chi connectivity index (χ1v) is 6.96. The molecule has 20 heavy (non-hydrogen) atoms. The zero-order valence-electron chi connectivity index (χ0n) is 10.9. The fourth-order valence-corrected chi connectivity index (χ4v) is 2.11. The number of nitrogens with zero attached hydrogens (tertiary/aromatic N) is 1. The fraction of sp³-hybridized carbons (Fsp3) is 0.125. The maximum Gasteiger partial charge on any atom is 0.251 e. The Morgan fingerprint density at radius 3 is 2.60 bits per heavy atom.